The van der Waals surface area contributed by atoms with Crippen molar-refractivity contribution in [2.75, 3.05) is 0 Å². The summed E-state index contributed by atoms with van der Waals surface area (Å²) in [5, 5.41) is 18.4. The Bertz CT molecular complexity index is 1480. The number of fused-ring (bicyclic) bond motifs is 1. The van der Waals surface area contributed by atoms with Gasteiger partial charge in [-0.2, -0.15) is 10.5 Å². The number of hydrogen-bond acceptors (Lipinski definition) is 4. The van der Waals surface area contributed by atoms with Crippen LogP contribution in [0.2, 0.25) is 0 Å². The topological polar surface area (TPSA) is 96.5 Å². The molecule has 5 rings (SSSR count). The molecule has 0 spiro atoms. The average Bonchev–Trinajstić information content (AvgIpc) is 3.25. The molecular weight excluding hydrogens is 426 g/mol. The lowest BCUT2D eigenvalue weighted by atomic mass is 9.73. The summed E-state index contributed by atoms with van der Waals surface area (Å²) in [6.45, 7) is 4.06. The van der Waals surface area contributed by atoms with Crippen LogP contribution in [-0.2, 0) is 0 Å². The van der Waals surface area contributed by atoms with Gasteiger partial charge in [-0.1, -0.05) is 56.3 Å². The minimum absolute atomic E-state index is 0.422. The van der Waals surface area contributed by atoms with Gasteiger partial charge in [-0.3, -0.25) is 0 Å². The zero-order valence-electron chi connectivity index (χ0n) is 18.7. The number of para-hydroxylation sites is 1. The van der Waals surface area contributed by atoms with E-state index < -0.39 is 28.9 Å². The van der Waals surface area contributed by atoms with Gasteiger partial charge in [-0.05, 0) is 47.5 Å². The molecule has 3 aromatic carbocycles. The highest BCUT2D eigenvalue weighted by Gasteiger charge is 2.51. The van der Waals surface area contributed by atoms with Gasteiger partial charge in [0.25, 0.3) is 0 Å². The summed E-state index contributed by atoms with van der Waals surface area (Å²) < 4.78 is 4.28. The van der Waals surface area contributed by atoms with Gasteiger partial charge in [-0.15, -0.1) is 0 Å². The maximum absolute atomic E-state index is 13.8. The van der Waals surface area contributed by atoms with Crippen molar-refractivity contribution in [1.82, 2.24) is 13.9 Å². The maximum Gasteiger partial charge on any atom is 0.352 e. The number of nitriles is 2. The van der Waals surface area contributed by atoms with Gasteiger partial charge < -0.3 is 0 Å². The Balaban J connectivity index is 1.81. The Kier molecular flexibility index (Phi) is 4.84. The number of benzene rings is 3. The number of nitrogens with zero attached hydrogens (tertiary/aromatic N) is 5. The van der Waals surface area contributed by atoms with Crippen LogP contribution < -0.4 is 11.4 Å². The van der Waals surface area contributed by atoms with E-state index in [1.54, 1.807) is 57.9 Å². The highest BCUT2D eigenvalue weighted by Crippen LogP contribution is 2.51. The summed E-state index contributed by atoms with van der Waals surface area (Å²) in [6, 6.07) is 26.5. The molecular formula is C27H21N5O2. The molecule has 34 heavy (non-hydrogen) atoms. The van der Waals surface area contributed by atoms with Crippen molar-refractivity contribution >= 4 is 0 Å². The van der Waals surface area contributed by atoms with Gasteiger partial charge in [0.05, 0.1) is 41.0 Å². The number of hydrogen-bond donors (Lipinski definition) is 0. The second-order valence-electron chi connectivity index (χ2n) is 9.02. The third-order valence-electron chi connectivity index (χ3n) is 6.63. The number of aromatic nitrogens is 3. The first-order valence-electron chi connectivity index (χ1n) is 10.9. The van der Waals surface area contributed by atoms with E-state index >= 15 is 0 Å². The van der Waals surface area contributed by atoms with E-state index in [9.17, 15) is 20.1 Å². The second-order valence-corrected chi connectivity index (χ2v) is 9.02. The predicted molar refractivity (Wildman–Crippen MR) is 127 cm³/mol. The first kappa shape index (κ1) is 21.2. The molecule has 2 atom stereocenters. The first-order chi connectivity index (χ1) is 16.4. The van der Waals surface area contributed by atoms with Crippen LogP contribution in [0.3, 0.4) is 0 Å². The van der Waals surface area contributed by atoms with Crippen molar-refractivity contribution in [2.45, 2.75) is 25.9 Å². The maximum atomic E-state index is 13.8. The molecule has 2 unspecified atom stereocenters. The average molecular weight is 447 g/mol. The lowest BCUT2D eigenvalue weighted by Gasteiger charge is -2.32. The van der Waals surface area contributed by atoms with Crippen molar-refractivity contribution in [1.29, 1.82) is 10.5 Å². The van der Waals surface area contributed by atoms with E-state index in [-0.39, 0.29) is 0 Å². The fourth-order valence-corrected chi connectivity index (χ4v) is 5.14. The van der Waals surface area contributed by atoms with Crippen LogP contribution in [0.5, 0.6) is 0 Å². The summed E-state index contributed by atoms with van der Waals surface area (Å²) >= 11 is 0. The van der Waals surface area contributed by atoms with Crippen molar-refractivity contribution in [3.8, 4) is 17.8 Å². The van der Waals surface area contributed by atoms with Gasteiger partial charge >= 0.3 is 11.4 Å². The van der Waals surface area contributed by atoms with E-state index in [1.807, 2.05) is 44.2 Å². The van der Waals surface area contributed by atoms with Crippen LogP contribution in [0.25, 0.3) is 5.69 Å². The molecule has 0 saturated heterocycles. The second kappa shape index (κ2) is 7.75. The van der Waals surface area contributed by atoms with Crippen molar-refractivity contribution in [2.24, 2.45) is 5.41 Å². The predicted octanol–water partition coefficient (Wildman–Crippen LogP) is 3.76. The van der Waals surface area contributed by atoms with Crippen LogP contribution in [0.15, 0.2) is 88.5 Å². The lowest BCUT2D eigenvalue weighted by molar-refractivity contribution is 0.257. The van der Waals surface area contributed by atoms with Crippen LogP contribution >= 0.6 is 0 Å². The molecule has 2 heterocycles. The van der Waals surface area contributed by atoms with Crippen molar-refractivity contribution in [3.05, 3.63) is 122 Å². The lowest BCUT2D eigenvalue weighted by Crippen LogP contribution is -2.36. The van der Waals surface area contributed by atoms with E-state index in [2.05, 4.69) is 12.1 Å². The molecule has 0 bridgehead atoms. The SMILES string of the molecule is CC1(C)C(c2ccc(C#N)cc2)n2c(=O)n(-c3ccccc3)c(=O)n2C1c1ccc(C#N)cc1. The molecule has 7 heteroatoms. The van der Waals surface area contributed by atoms with E-state index in [4.69, 9.17) is 0 Å². The Labute approximate surface area is 196 Å². The van der Waals surface area contributed by atoms with Gasteiger partial charge in [0.15, 0.2) is 0 Å². The van der Waals surface area contributed by atoms with Crippen molar-refractivity contribution in [3.63, 3.8) is 0 Å². The normalized spacial score (nSPS) is 18.1. The van der Waals surface area contributed by atoms with Crippen LogP contribution in [0.1, 0.15) is 48.2 Å². The molecule has 4 aromatic rings. The molecule has 1 aliphatic heterocycles. The monoisotopic (exact) mass is 447 g/mol. The third kappa shape index (κ3) is 3.02. The fourth-order valence-electron chi connectivity index (χ4n) is 5.14. The van der Waals surface area contributed by atoms with Gasteiger partial charge in [0.2, 0.25) is 0 Å². The Morgan fingerprint density at radius 1 is 0.676 bits per heavy atom. The number of rotatable bonds is 3. The van der Waals surface area contributed by atoms with Gasteiger partial charge in [0.1, 0.15) is 0 Å². The van der Waals surface area contributed by atoms with Crippen molar-refractivity contribution < 1.29 is 0 Å². The zero-order chi connectivity index (χ0) is 24.0. The minimum Gasteiger partial charge on any atom is -0.245 e. The van der Waals surface area contributed by atoms with Gasteiger partial charge in [-0.25, -0.2) is 23.5 Å². The highest BCUT2D eigenvalue weighted by molar-refractivity contribution is 5.39. The van der Waals surface area contributed by atoms with Crippen LogP contribution in [0, 0.1) is 28.1 Å². The minimum atomic E-state index is -0.573. The molecule has 0 N–H and O–H groups in total. The molecule has 0 aliphatic carbocycles. The van der Waals surface area contributed by atoms with Crippen LogP contribution in [0.4, 0.5) is 0 Å². The van der Waals surface area contributed by atoms with Gasteiger partial charge in [0, 0.05) is 5.41 Å². The summed E-state index contributed by atoms with van der Waals surface area (Å²) in [5.74, 6) is 0. The Morgan fingerprint density at radius 3 is 1.47 bits per heavy atom. The molecule has 1 aliphatic rings. The summed E-state index contributed by atoms with van der Waals surface area (Å²) in [6.07, 6.45) is 0. The third-order valence-corrected chi connectivity index (χ3v) is 6.63. The highest BCUT2D eigenvalue weighted by atomic mass is 16.2. The molecule has 166 valence electrons. The van der Waals surface area contributed by atoms with E-state index in [0.29, 0.717) is 16.8 Å². The molecule has 0 fully saturated rings. The molecule has 7 nitrogen and oxygen atoms in total. The summed E-state index contributed by atoms with van der Waals surface area (Å²) in [5.41, 5.74) is 1.80. The Morgan fingerprint density at radius 2 is 1.09 bits per heavy atom. The largest absolute Gasteiger partial charge is 0.352 e. The van der Waals surface area contributed by atoms with E-state index in [0.717, 1.165) is 11.1 Å². The quantitative estimate of drug-likeness (QED) is 0.478. The fraction of sp³-hybridized carbons (Fsp3) is 0.185. The summed E-state index contributed by atoms with van der Waals surface area (Å²) in [7, 11) is 0. The molecule has 0 amide bonds. The molecule has 0 saturated carbocycles. The van der Waals surface area contributed by atoms with Crippen LogP contribution in [-0.4, -0.2) is 13.9 Å². The summed E-state index contributed by atoms with van der Waals surface area (Å²) in [4.78, 5) is 27.5. The Hall–Kier alpha value is -4.62. The molecule has 0 radical (unpaired) electrons. The first-order valence-corrected chi connectivity index (χ1v) is 10.9. The molecule has 1 aromatic heterocycles. The smallest absolute Gasteiger partial charge is 0.245 e. The van der Waals surface area contributed by atoms with E-state index in [1.165, 1.54) is 4.57 Å². The standard InChI is InChI=1S/C27H21N5O2/c1-27(2)23(20-12-8-18(16-28)9-13-20)31-25(33)30(22-6-4-3-5-7-22)26(34)32(31)24(27)21-14-10-19(17-29)11-15-21/h3-15,23-24H,1-2H3. The zero-order valence-corrected chi connectivity index (χ0v) is 18.7.